The van der Waals surface area contributed by atoms with Gasteiger partial charge in [-0.2, -0.15) is 5.10 Å². The molecule has 3 aromatic rings. The summed E-state index contributed by atoms with van der Waals surface area (Å²) in [6.07, 6.45) is 3.63. The second-order valence-electron chi connectivity index (χ2n) is 7.47. The lowest BCUT2D eigenvalue weighted by molar-refractivity contribution is 0.0980. The van der Waals surface area contributed by atoms with E-state index in [0.29, 0.717) is 19.3 Å². The number of hydrogen-bond donors (Lipinski definition) is 1. The summed E-state index contributed by atoms with van der Waals surface area (Å²) in [5, 5.41) is 12.0. The molecule has 2 aliphatic rings. The molecule has 2 fully saturated rings. The van der Waals surface area contributed by atoms with Gasteiger partial charge in [-0.05, 0) is 19.9 Å². The monoisotopic (exact) mass is 383 g/mol. The predicted octanol–water partition coefficient (Wildman–Crippen LogP) is 1.57. The molecular weight excluding hydrogens is 358 g/mol. The van der Waals surface area contributed by atoms with Gasteiger partial charge in [-0.3, -0.25) is 5.10 Å². The summed E-state index contributed by atoms with van der Waals surface area (Å²) in [4.78, 5) is 9.36. The van der Waals surface area contributed by atoms with Crippen LogP contribution in [0, 0.1) is 0 Å². The number of rotatable bonds is 3. The van der Waals surface area contributed by atoms with E-state index in [9.17, 15) is 0 Å². The zero-order valence-corrected chi connectivity index (χ0v) is 16.2. The molecule has 0 unspecified atom stereocenters. The minimum atomic E-state index is 0.271. The first-order valence-electron chi connectivity index (χ1n) is 9.79. The molecular formula is C19H25N7O2. The first-order valence-corrected chi connectivity index (χ1v) is 9.79. The molecule has 28 heavy (non-hydrogen) atoms. The highest BCUT2D eigenvalue weighted by atomic mass is 16.5. The van der Waals surface area contributed by atoms with E-state index in [1.807, 2.05) is 16.8 Å². The summed E-state index contributed by atoms with van der Waals surface area (Å²) in [7, 11) is 0. The highest BCUT2D eigenvalue weighted by Crippen LogP contribution is 2.32. The molecule has 0 spiro atoms. The van der Waals surface area contributed by atoms with Gasteiger partial charge in [0.05, 0.1) is 44.4 Å². The van der Waals surface area contributed by atoms with E-state index in [1.165, 1.54) is 0 Å². The fourth-order valence-corrected chi connectivity index (χ4v) is 4.04. The van der Waals surface area contributed by atoms with Crippen LogP contribution < -0.4 is 9.80 Å². The average Bonchev–Trinajstić information content (AvgIpc) is 3.37. The Hall–Kier alpha value is -2.65. The third-order valence-electron chi connectivity index (χ3n) is 5.55. The zero-order valence-electron chi connectivity index (χ0n) is 16.2. The largest absolute Gasteiger partial charge is 0.377 e. The standard InChI is InChI=1S/C19H25N7O2/c1-13-11-27-7-5-24(13)16-9-18(25-6-8-28-12-14(25)2)23-26-17(16)10-20-19(26)15-3-4-21-22-15/h3-4,9-10,13-14H,5-8,11-12H2,1-2H3,(H,21,22)/t13-,14-/m1/s1. The fourth-order valence-electron chi connectivity index (χ4n) is 4.04. The van der Waals surface area contributed by atoms with E-state index in [4.69, 9.17) is 14.6 Å². The maximum Gasteiger partial charge on any atom is 0.179 e. The average molecular weight is 383 g/mol. The van der Waals surface area contributed by atoms with Gasteiger partial charge in [0.15, 0.2) is 11.6 Å². The van der Waals surface area contributed by atoms with Crippen LogP contribution >= 0.6 is 0 Å². The number of aromatic amines is 1. The first-order chi connectivity index (χ1) is 13.7. The van der Waals surface area contributed by atoms with E-state index >= 15 is 0 Å². The number of morpholine rings is 2. The smallest absolute Gasteiger partial charge is 0.179 e. The van der Waals surface area contributed by atoms with Gasteiger partial charge in [-0.1, -0.05) is 0 Å². The van der Waals surface area contributed by atoms with Crippen molar-refractivity contribution in [2.24, 2.45) is 0 Å². The van der Waals surface area contributed by atoms with Crippen LogP contribution in [-0.4, -0.2) is 76.4 Å². The second-order valence-corrected chi connectivity index (χ2v) is 7.47. The molecule has 0 saturated carbocycles. The normalized spacial score (nSPS) is 23.5. The fraction of sp³-hybridized carbons (Fsp3) is 0.526. The molecule has 2 saturated heterocycles. The first kappa shape index (κ1) is 17.4. The Balaban J connectivity index is 1.68. The van der Waals surface area contributed by atoms with E-state index in [-0.39, 0.29) is 6.04 Å². The third-order valence-corrected chi connectivity index (χ3v) is 5.55. The molecule has 9 nitrogen and oxygen atoms in total. The number of imidazole rings is 1. The molecule has 9 heteroatoms. The van der Waals surface area contributed by atoms with Crippen molar-refractivity contribution in [3.8, 4) is 11.5 Å². The van der Waals surface area contributed by atoms with Crippen LogP contribution in [0.2, 0.25) is 0 Å². The van der Waals surface area contributed by atoms with Gasteiger partial charge in [0.25, 0.3) is 0 Å². The van der Waals surface area contributed by atoms with E-state index in [1.54, 1.807) is 6.20 Å². The van der Waals surface area contributed by atoms with E-state index in [0.717, 1.165) is 54.8 Å². The molecule has 5 heterocycles. The SMILES string of the molecule is C[C@@H]1COCCN1c1cc(N2CCOC[C@H]2C)c2cnc(-c3ccn[nH]3)n2n1. The van der Waals surface area contributed by atoms with Crippen molar-refractivity contribution < 1.29 is 9.47 Å². The number of hydrogen-bond acceptors (Lipinski definition) is 7. The van der Waals surface area contributed by atoms with E-state index < -0.39 is 0 Å². The van der Waals surface area contributed by atoms with Gasteiger partial charge in [0.1, 0.15) is 11.2 Å². The van der Waals surface area contributed by atoms with Gasteiger partial charge in [0, 0.05) is 31.4 Å². The Labute approximate surface area is 163 Å². The molecule has 0 radical (unpaired) electrons. The van der Waals surface area contributed by atoms with Crippen molar-refractivity contribution in [3.63, 3.8) is 0 Å². The lowest BCUT2D eigenvalue weighted by atomic mass is 10.2. The van der Waals surface area contributed by atoms with Crippen molar-refractivity contribution in [2.75, 3.05) is 49.3 Å². The lowest BCUT2D eigenvalue weighted by Crippen LogP contribution is -2.45. The number of nitrogens with one attached hydrogen (secondary N) is 1. The summed E-state index contributed by atoms with van der Waals surface area (Å²) in [6.45, 7) is 8.91. The maximum absolute atomic E-state index is 5.65. The van der Waals surface area contributed by atoms with E-state index in [2.05, 4.69) is 44.9 Å². The molecule has 1 N–H and O–H groups in total. The Morgan fingerprint density at radius 1 is 1.07 bits per heavy atom. The van der Waals surface area contributed by atoms with Crippen LogP contribution in [-0.2, 0) is 9.47 Å². The quantitative estimate of drug-likeness (QED) is 0.735. The molecule has 5 rings (SSSR count). The van der Waals surface area contributed by atoms with Gasteiger partial charge < -0.3 is 19.3 Å². The zero-order chi connectivity index (χ0) is 19.1. The Morgan fingerprint density at radius 2 is 1.82 bits per heavy atom. The number of aromatic nitrogens is 5. The van der Waals surface area contributed by atoms with Crippen LogP contribution in [0.15, 0.2) is 24.5 Å². The van der Waals surface area contributed by atoms with Crippen LogP contribution in [0.25, 0.3) is 17.0 Å². The van der Waals surface area contributed by atoms with Crippen molar-refractivity contribution in [3.05, 3.63) is 24.5 Å². The molecule has 2 atom stereocenters. The topological polar surface area (TPSA) is 83.8 Å². The Morgan fingerprint density at radius 3 is 2.50 bits per heavy atom. The summed E-state index contributed by atoms with van der Waals surface area (Å²) in [5.41, 5.74) is 2.97. The highest BCUT2D eigenvalue weighted by Gasteiger charge is 2.27. The number of nitrogens with zero attached hydrogens (tertiary/aromatic N) is 6. The summed E-state index contributed by atoms with van der Waals surface area (Å²) in [5.74, 6) is 1.70. The van der Waals surface area contributed by atoms with Crippen molar-refractivity contribution in [2.45, 2.75) is 25.9 Å². The van der Waals surface area contributed by atoms with Crippen LogP contribution in [0.4, 0.5) is 11.5 Å². The maximum atomic E-state index is 5.65. The molecule has 0 aliphatic carbocycles. The van der Waals surface area contributed by atoms with Gasteiger partial charge in [-0.15, -0.1) is 5.10 Å². The molecule has 0 amide bonds. The summed E-state index contributed by atoms with van der Waals surface area (Å²) >= 11 is 0. The van der Waals surface area contributed by atoms with Crippen LogP contribution in [0.3, 0.4) is 0 Å². The van der Waals surface area contributed by atoms with Gasteiger partial charge in [0.2, 0.25) is 0 Å². The minimum Gasteiger partial charge on any atom is -0.377 e. The summed E-state index contributed by atoms with van der Waals surface area (Å²) < 4.78 is 13.2. The third kappa shape index (κ3) is 2.91. The predicted molar refractivity (Wildman–Crippen MR) is 106 cm³/mol. The van der Waals surface area contributed by atoms with Gasteiger partial charge >= 0.3 is 0 Å². The van der Waals surface area contributed by atoms with Crippen molar-refractivity contribution in [1.29, 1.82) is 0 Å². The molecule has 0 aromatic carbocycles. The molecule has 3 aromatic heterocycles. The van der Waals surface area contributed by atoms with Gasteiger partial charge in [-0.25, -0.2) is 9.50 Å². The van der Waals surface area contributed by atoms with Crippen molar-refractivity contribution >= 4 is 17.0 Å². The highest BCUT2D eigenvalue weighted by molar-refractivity contribution is 5.78. The molecule has 148 valence electrons. The minimum absolute atomic E-state index is 0.271. The molecule has 0 bridgehead atoms. The number of anilines is 2. The van der Waals surface area contributed by atoms with Crippen molar-refractivity contribution in [1.82, 2.24) is 24.8 Å². The Bertz CT molecular complexity index is 955. The number of ether oxygens (including phenoxy) is 2. The van der Waals surface area contributed by atoms with Crippen LogP contribution in [0.5, 0.6) is 0 Å². The lowest BCUT2D eigenvalue weighted by Gasteiger charge is -2.37. The number of fused-ring (bicyclic) bond motifs is 1. The second kappa shape index (κ2) is 7.06. The molecule has 2 aliphatic heterocycles. The Kier molecular flexibility index (Phi) is 4.40. The number of H-pyrrole nitrogens is 1. The van der Waals surface area contributed by atoms with Crippen LogP contribution in [0.1, 0.15) is 13.8 Å². The summed E-state index contributed by atoms with van der Waals surface area (Å²) in [6, 6.07) is 4.67.